The van der Waals surface area contributed by atoms with Crippen molar-refractivity contribution in [1.29, 1.82) is 0 Å². The average Bonchev–Trinajstić information content (AvgIpc) is 2.32. The molecule has 1 aromatic heterocycles. The standard InChI is InChI=1S/C5H4ClNO4S2/c6-5-3(1-7-12-5)13(10,11)2-4(8)9/h1H,2H2,(H,8,9). The summed E-state index contributed by atoms with van der Waals surface area (Å²) >= 11 is 6.29. The first-order chi connectivity index (χ1) is 5.93. The van der Waals surface area contributed by atoms with Crippen molar-refractivity contribution in [3.05, 3.63) is 10.5 Å². The van der Waals surface area contributed by atoms with Crippen molar-refractivity contribution >= 4 is 38.9 Å². The highest BCUT2D eigenvalue weighted by Gasteiger charge is 2.23. The van der Waals surface area contributed by atoms with E-state index in [-0.39, 0.29) is 9.23 Å². The lowest BCUT2D eigenvalue weighted by molar-refractivity contribution is -0.134. The molecular weight excluding hydrogens is 238 g/mol. The van der Waals surface area contributed by atoms with Crippen LogP contribution in [0.3, 0.4) is 0 Å². The molecule has 0 saturated heterocycles. The Morgan fingerprint density at radius 1 is 1.69 bits per heavy atom. The summed E-state index contributed by atoms with van der Waals surface area (Å²) in [5, 5.41) is 8.30. The van der Waals surface area contributed by atoms with Crippen LogP contribution in [0.15, 0.2) is 11.1 Å². The molecular formula is C5H4ClNO4S2. The highest BCUT2D eigenvalue weighted by Crippen LogP contribution is 2.25. The van der Waals surface area contributed by atoms with Crippen LogP contribution >= 0.6 is 23.1 Å². The van der Waals surface area contributed by atoms with Gasteiger partial charge in [-0.05, 0) is 11.5 Å². The van der Waals surface area contributed by atoms with E-state index in [9.17, 15) is 13.2 Å². The second-order valence-corrected chi connectivity index (χ2v) is 5.48. The number of aromatic nitrogens is 1. The van der Waals surface area contributed by atoms with Gasteiger partial charge in [-0.15, -0.1) is 0 Å². The van der Waals surface area contributed by atoms with Crippen LogP contribution in [0, 0.1) is 0 Å². The molecule has 0 amide bonds. The van der Waals surface area contributed by atoms with Gasteiger partial charge in [0.05, 0.1) is 6.20 Å². The van der Waals surface area contributed by atoms with Gasteiger partial charge >= 0.3 is 5.97 Å². The van der Waals surface area contributed by atoms with Gasteiger partial charge in [-0.1, -0.05) is 11.6 Å². The van der Waals surface area contributed by atoms with Crippen LogP contribution < -0.4 is 0 Å². The molecule has 0 spiro atoms. The van der Waals surface area contributed by atoms with E-state index in [4.69, 9.17) is 16.7 Å². The summed E-state index contributed by atoms with van der Waals surface area (Å²) in [6, 6.07) is 0. The van der Waals surface area contributed by atoms with Crippen molar-refractivity contribution in [3.63, 3.8) is 0 Å². The number of halogens is 1. The van der Waals surface area contributed by atoms with Gasteiger partial charge in [0, 0.05) is 0 Å². The molecule has 1 aromatic rings. The molecule has 1 heterocycles. The van der Waals surface area contributed by atoms with E-state index in [0.717, 1.165) is 17.7 Å². The molecule has 5 nitrogen and oxygen atoms in total. The van der Waals surface area contributed by atoms with Gasteiger partial charge in [0.15, 0.2) is 15.6 Å². The summed E-state index contributed by atoms with van der Waals surface area (Å²) in [6.07, 6.45) is 1.05. The second-order valence-electron chi connectivity index (χ2n) is 2.12. The van der Waals surface area contributed by atoms with Crippen LogP contribution in [-0.2, 0) is 14.6 Å². The summed E-state index contributed by atoms with van der Waals surface area (Å²) < 4.78 is 26.0. The number of carboxylic acid groups (broad SMARTS) is 1. The smallest absolute Gasteiger partial charge is 0.319 e. The molecule has 0 unspecified atom stereocenters. The van der Waals surface area contributed by atoms with Gasteiger partial charge in [-0.2, -0.15) is 4.37 Å². The summed E-state index contributed by atoms with van der Waals surface area (Å²) in [4.78, 5) is 9.96. The maximum absolute atomic E-state index is 11.2. The van der Waals surface area contributed by atoms with Crippen LogP contribution in [0.5, 0.6) is 0 Å². The van der Waals surface area contributed by atoms with Crippen molar-refractivity contribution < 1.29 is 18.3 Å². The number of carbonyl (C=O) groups is 1. The molecule has 0 saturated carbocycles. The summed E-state index contributed by atoms with van der Waals surface area (Å²) in [5.41, 5.74) is 0. The molecule has 0 bridgehead atoms. The van der Waals surface area contributed by atoms with Gasteiger partial charge in [0.1, 0.15) is 9.23 Å². The molecule has 72 valence electrons. The molecule has 0 atom stereocenters. The first-order valence-electron chi connectivity index (χ1n) is 2.98. The maximum Gasteiger partial charge on any atom is 0.319 e. The molecule has 0 aliphatic carbocycles. The molecule has 0 aliphatic heterocycles. The number of hydrogen-bond acceptors (Lipinski definition) is 5. The van der Waals surface area contributed by atoms with Crippen molar-refractivity contribution in [2.24, 2.45) is 0 Å². The number of sulfone groups is 1. The fourth-order valence-electron chi connectivity index (χ4n) is 0.659. The monoisotopic (exact) mass is 241 g/mol. The summed E-state index contributed by atoms with van der Waals surface area (Å²) in [6.45, 7) is 0. The Balaban J connectivity index is 3.09. The maximum atomic E-state index is 11.2. The lowest BCUT2D eigenvalue weighted by Gasteiger charge is -1.96. The SMILES string of the molecule is O=C(O)CS(=O)(=O)c1cnsc1Cl. The number of aliphatic carboxylic acids is 1. The van der Waals surface area contributed by atoms with Gasteiger partial charge in [-0.3, -0.25) is 4.79 Å². The Kier molecular flexibility index (Phi) is 2.89. The van der Waals surface area contributed by atoms with Gasteiger partial charge in [0.2, 0.25) is 0 Å². The molecule has 1 rings (SSSR count). The average molecular weight is 242 g/mol. The Labute approximate surface area is 83.0 Å². The first kappa shape index (κ1) is 10.4. The lowest BCUT2D eigenvalue weighted by Crippen LogP contribution is -2.14. The first-order valence-corrected chi connectivity index (χ1v) is 5.78. The van der Waals surface area contributed by atoms with E-state index in [0.29, 0.717) is 0 Å². The zero-order chi connectivity index (χ0) is 10.1. The van der Waals surface area contributed by atoms with Gasteiger partial charge in [0.25, 0.3) is 0 Å². The molecule has 13 heavy (non-hydrogen) atoms. The van der Waals surface area contributed by atoms with E-state index < -0.39 is 21.6 Å². The quantitative estimate of drug-likeness (QED) is 0.840. The lowest BCUT2D eigenvalue weighted by atomic mass is 10.8. The van der Waals surface area contributed by atoms with Crippen LogP contribution in [0.4, 0.5) is 0 Å². The highest BCUT2D eigenvalue weighted by molar-refractivity contribution is 7.92. The van der Waals surface area contributed by atoms with E-state index in [1.807, 2.05) is 0 Å². The molecule has 0 radical (unpaired) electrons. The minimum Gasteiger partial charge on any atom is -0.480 e. The Morgan fingerprint density at radius 3 is 2.69 bits per heavy atom. The molecule has 0 aromatic carbocycles. The van der Waals surface area contributed by atoms with Crippen LogP contribution in [-0.4, -0.2) is 29.6 Å². The predicted octanol–water partition coefficient (Wildman–Crippen LogP) is 0.655. The summed E-state index contributed by atoms with van der Waals surface area (Å²) in [5.74, 6) is -2.38. The largest absolute Gasteiger partial charge is 0.480 e. The van der Waals surface area contributed by atoms with E-state index in [1.54, 1.807) is 0 Å². The fraction of sp³-hybridized carbons (Fsp3) is 0.200. The minimum absolute atomic E-state index is 0.0127. The van der Waals surface area contributed by atoms with Crippen molar-refractivity contribution in [3.8, 4) is 0 Å². The van der Waals surface area contributed by atoms with Crippen LogP contribution in [0.2, 0.25) is 4.34 Å². The van der Waals surface area contributed by atoms with Crippen molar-refractivity contribution in [2.45, 2.75) is 4.90 Å². The topological polar surface area (TPSA) is 84.3 Å². The molecule has 1 N–H and O–H groups in total. The fourth-order valence-corrected chi connectivity index (χ4v) is 3.07. The number of hydrogen-bond donors (Lipinski definition) is 1. The minimum atomic E-state index is -3.83. The van der Waals surface area contributed by atoms with Crippen molar-refractivity contribution in [2.75, 3.05) is 5.75 Å². The Morgan fingerprint density at radius 2 is 2.31 bits per heavy atom. The number of rotatable bonds is 3. The van der Waals surface area contributed by atoms with E-state index >= 15 is 0 Å². The van der Waals surface area contributed by atoms with Crippen molar-refractivity contribution in [1.82, 2.24) is 4.37 Å². The van der Waals surface area contributed by atoms with Crippen LogP contribution in [0.25, 0.3) is 0 Å². The van der Waals surface area contributed by atoms with Gasteiger partial charge < -0.3 is 5.11 Å². The zero-order valence-electron chi connectivity index (χ0n) is 6.10. The van der Waals surface area contributed by atoms with E-state index in [1.165, 1.54) is 0 Å². The third kappa shape index (κ3) is 2.39. The predicted molar refractivity (Wildman–Crippen MR) is 46.8 cm³/mol. The molecule has 0 aliphatic rings. The normalized spacial score (nSPS) is 11.5. The second kappa shape index (κ2) is 3.60. The third-order valence-corrected chi connectivity index (χ3v) is 3.99. The van der Waals surface area contributed by atoms with Gasteiger partial charge in [-0.25, -0.2) is 8.42 Å². The molecule has 0 fully saturated rings. The number of nitrogens with zero attached hydrogens (tertiary/aromatic N) is 1. The summed E-state index contributed by atoms with van der Waals surface area (Å²) in [7, 11) is -3.83. The number of carboxylic acids is 1. The molecule has 8 heteroatoms. The zero-order valence-corrected chi connectivity index (χ0v) is 8.49. The van der Waals surface area contributed by atoms with Crippen LogP contribution in [0.1, 0.15) is 0 Å². The van der Waals surface area contributed by atoms with E-state index in [2.05, 4.69) is 4.37 Å². The Bertz CT molecular complexity index is 423. The Hall–Kier alpha value is -0.660. The third-order valence-electron chi connectivity index (χ3n) is 1.15. The highest BCUT2D eigenvalue weighted by atomic mass is 35.5.